The maximum atomic E-state index is 12.8. The summed E-state index contributed by atoms with van der Waals surface area (Å²) in [5.41, 5.74) is 1.08. The SMILES string of the molecule is COC(=O)[C@H](CNCc1cccs1)NC(=O)c1sc(NC(=O)Cc2cccc(O)c2)nc1C. The normalized spacial score (nSPS) is 11.6. The third-order valence-electron chi connectivity index (χ3n) is 4.54. The molecule has 33 heavy (non-hydrogen) atoms. The molecule has 11 heteroatoms. The molecule has 174 valence electrons. The van der Waals surface area contributed by atoms with Crippen molar-refractivity contribution in [1.82, 2.24) is 15.6 Å². The Kier molecular flexibility index (Phi) is 8.52. The summed E-state index contributed by atoms with van der Waals surface area (Å²) in [7, 11) is 1.26. The molecule has 1 aromatic carbocycles. The highest BCUT2D eigenvalue weighted by Gasteiger charge is 2.25. The third-order valence-corrected chi connectivity index (χ3v) is 6.49. The van der Waals surface area contributed by atoms with Crippen molar-refractivity contribution in [3.63, 3.8) is 0 Å². The summed E-state index contributed by atoms with van der Waals surface area (Å²) in [6.45, 7) is 2.41. The summed E-state index contributed by atoms with van der Waals surface area (Å²) < 4.78 is 4.81. The minimum absolute atomic E-state index is 0.0505. The molecule has 0 aliphatic heterocycles. The molecule has 9 nitrogen and oxygen atoms in total. The number of esters is 1. The van der Waals surface area contributed by atoms with Gasteiger partial charge in [-0.2, -0.15) is 0 Å². The van der Waals surface area contributed by atoms with Crippen LogP contribution in [0.2, 0.25) is 0 Å². The van der Waals surface area contributed by atoms with Gasteiger partial charge in [0.15, 0.2) is 5.13 Å². The van der Waals surface area contributed by atoms with Gasteiger partial charge in [-0.1, -0.05) is 29.5 Å². The Labute approximate surface area is 198 Å². The number of ether oxygens (including phenoxy) is 1. The summed E-state index contributed by atoms with van der Waals surface area (Å²) >= 11 is 2.61. The second-order valence-corrected chi connectivity index (χ2v) is 9.12. The molecular formula is C22H24N4O5S2. The number of nitrogens with zero attached hydrogens (tertiary/aromatic N) is 1. The molecule has 0 spiro atoms. The lowest BCUT2D eigenvalue weighted by atomic mass is 10.1. The number of thiazole rings is 1. The number of phenolic OH excluding ortho intramolecular Hbond substituents is 1. The van der Waals surface area contributed by atoms with Gasteiger partial charge in [-0.25, -0.2) is 9.78 Å². The number of thiophene rings is 1. The molecular weight excluding hydrogens is 464 g/mol. The number of aromatic hydroxyl groups is 1. The fourth-order valence-corrected chi connectivity index (χ4v) is 4.55. The Morgan fingerprint density at radius 2 is 2.03 bits per heavy atom. The highest BCUT2D eigenvalue weighted by atomic mass is 32.1. The zero-order valence-electron chi connectivity index (χ0n) is 18.1. The van der Waals surface area contributed by atoms with Crippen LogP contribution in [0.1, 0.15) is 25.8 Å². The predicted molar refractivity (Wildman–Crippen MR) is 127 cm³/mol. The number of hydrogen-bond acceptors (Lipinski definition) is 9. The fraction of sp³-hybridized carbons (Fsp3) is 0.273. The largest absolute Gasteiger partial charge is 0.508 e. The molecule has 0 radical (unpaired) electrons. The van der Waals surface area contributed by atoms with Crippen molar-refractivity contribution in [3.8, 4) is 5.75 Å². The molecule has 0 saturated heterocycles. The van der Waals surface area contributed by atoms with Gasteiger partial charge in [0.25, 0.3) is 5.91 Å². The van der Waals surface area contributed by atoms with E-state index < -0.39 is 17.9 Å². The molecule has 2 heterocycles. The maximum Gasteiger partial charge on any atom is 0.329 e. The minimum Gasteiger partial charge on any atom is -0.508 e. The van der Waals surface area contributed by atoms with E-state index in [2.05, 4.69) is 20.9 Å². The minimum atomic E-state index is -0.882. The van der Waals surface area contributed by atoms with E-state index >= 15 is 0 Å². The van der Waals surface area contributed by atoms with E-state index in [0.717, 1.165) is 16.2 Å². The molecule has 1 atom stereocenters. The smallest absolute Gasteiger partial charge is 0.329 e. The lowest BCUT2D eigenvalue weighted by Gasteiger charge is -2.16. The number of amides is 2. The van der Waals surface area contributed by atoms with E-state index in [1.807, 2.05) is 17.5 Å². The number of rotatable bonds is 10. The number of aromatic nitrogens is 1. The van der Waals surface area contributed by atoms with E-state index in [1.54, 1.807) is 30.4 Å². The van der Waals surface area contributed by atoms with Crippen molar-refractivity contribution < 1.29 is 24.2 Å². The van der Waals surface area contributed by atoms with Crippen LogP contribution in [-0.2, 0) is 27.3 Å². The number of aryl methyl sites for hydroxylation is 1. The molecule has 0 bridgehead atoms. The van der Waals surface area contributed by atoms with Crippen molar-refractivity contribution >= 4 is 45.6 Å². The van der Waals surface area contributed by atoms with Crippen LogP contribution < -0.4 is 16.0 Å². The number of hydrogen-bond donors (Lipinski definition) is 4. The zero-order valence-corrected chi connectivity index (χ0v) is 19.7. The van der Waals surface area contributed by atoms with Crippen molar-refractivity contribution in [2.45, 2.75) is 25.9 Å². The number of phenols is 1. The van der Waals surface area contributed by atoms with Crippen LogP contribution >= 0.6 is 22.7 Å². The monoisotopic (exact) mass is 488 g/mol. The van der Waals surface area contributed by atoms with Gasteiger partial charge in [0.1, 0.15) is 16.7 Å². The summed E-state index contributed by atoms with van der Waals surface area (Å²) in [4.78, 5) is 42.9. The van der Waals surface area contributed by atoms with E-state index in [0.29, 0.717) is 17.8 Å². The first-order valence-electron chi connectivity index (χ1n) is 10.0. The number of carbonyl (C=O) groups is 3. The first-order valence-corrected chi connectivity index (χ1v) is 11.7. The average Bonchev–Trinajstić information content (AvgIpc) is 3.41. The molecule has 0 aliphatic rings. The summed E-state index contributed by atoms with van der Waals surface area (Å²) in [5, 5.41) is 20.2. The lowest BCUT2D eigenvalue weighted by Crippen LogP contribution is -2.47. The molecule has 0 saturated carbocycles. The van der Waals surface area contributed by atoms with Crippen LogP contribution in [-0.4, -0.2) is 47.6 Å². The first kappa shape index (κ1) is 24.4. The fourth-order valence-electron chi connectivity index (χ4n) is 2.99. The molecule has 2 amide bonds. The van der Waals surface area contributed by atoms with Gasteiger partial charge < -0.3 is 25.8 Å². The van der Waals surface area contributed by atoms with Crippen LogP contribution in [0.15, 0.2) is 41.8 Å². The van der Waals surface area contributed by atoms with Crippen molar-refractivity contribution in [2.75, 3.05) is 19.0 Å². The molecule has 0 unspecified atom stereocenters. The van der Waals surface area contributed by atoms with Gasteiger partial charge in [-0.05, 0) is 36.1 Å². The van der Waals surface area contributed by atoms with Gasteiger partial charge in [0.05, 0.1) is 19.2 Å². The zero-order chi connectivity index (χ0) is 23.8. The maximum absolute atomic E-state index is 12.8. The molecule has 3 rings (SSSR count). The Balaban J connectivity index is 1.59. The van der Waals surface area contributed by atoms with Gasteiger partial charge in [0.2, 0.25) is 5.91 Å². The van der Waals surface area contributed by atoms with E-state index in [1.165, 1.54) is 19.2 Å². The molecule has 3 aromatic rings. The van der Waals surface area contributed by atoms with E-state index in [-0.39, 0.29) is 34.6 Å². The molecule has 4 N–H and O–H groups in total. The van der Waals surface area contributed by atoms with Gasteiger partial charge >= 0.3 is 5.97 Å². The summed E-state index contributed by atoms with van der Waals surface area (Å²) in [5.74, 6) is -1.29. The molecule has 2 aromatic heterocycles. The number of benzene rings is 1. The lowest BCUT2D eigenvalue weighted by molar-refractivity contribution is -0.142. The number of methoxy groups -OCH3 is 1. The van der Waals surface area contributed by atoms with Crippen LogP contribution in [0.5, 0.6) is 5.75 Å². The van der Waals surface area contributed by atoms with Crippen LogP contribution in [0.25, 0.3) is 0 Å². The van der Waals surface area contributed by atoms with Crippen LogP contribution in [0.3, 0.4) is 0 Å². The quantitative estimate of drug-likeness (QED) is 0.323. The Morgan fingerprint density at radius 1 is 1.21 bits per heavy atom. The number of nitrogens with one attached hydrogen (secondary N) is 3. The Hall–Kier alpha value is -3.28. The Morgan fingerprint density at radius 3 is 2.73 bits per heavy atom. The highest BCUT2D eigenvalue weighted by molar-refractivity contribution is 7.17. The van der Waals surface area contributed by atoms with Gasteiger partial charge in [-0.3, -0.25) is 9.59 Å². The molecule has 0 aliphatic carbocycles. The van der Waals surface area contributed by atoms with E-state index in [4.69, 9.17) is 4.74 Å². The average molecular weight is 489 g/mol. The predicted octanol–water partition coefficient (Wildman–Crippen LogP) is 2.46. The van der Waals surface area contributed by atoms with Gasteiger partial charge in [-0.15, -0.1) is 11.3 Å². The van der Waals surface area contributed by atoms with Crippen LogP contribution in [0, 0.1) is 6.92 Å². The second kappa shape index (κ2) is 11.5. The Bertz CT molecular complexity index is 1110. The molecule has 0 fully saturated rings. The highest BCUT2D eigenvalue weighted by Crippen LogP contribution is 2.23. The standard InChI is InChI=1S/C22H24N4O5S2/c1-13-19(33-22(24-13)26-18(28)10-14-5-3-6-15(27)9-14)20(29)25-17(21(30)31-2)12-23-11-16-7-4-8-32-16/h3-9,17,23,27H,10-12H2,1-2H3,(H,25,29)(H,24,26,28)/t17-/m0/s1. The van der Waals surface area contributed by atoms with E-state index in [9.17, 15) is 19.5 Å². The topological polar surface area (TPSA) is 130 Å². The number of anilines is 1. The van der Waals surface area contributed by atoms with Crippen molar-refractivity contribution in [2.24, 2.45) is 0 Å². The number of carbonyl (C=O) groups excluding carboxylic acids is 3. The summed E-state index contributed by atoms with van der Waals surface area (Å²) in [6.07, 6.45) is 0.0505. The van der Waals surface area contributed by atoms with Crippen molar-refractivity contribution in [1.29, 1.82) is 0 Å². The van der Waals surface area contributed by atoms with Crippen molar-refractivity contribution in [3.05, 3.63) is 62.8 Å². The third kappa shape index (κ3) is 7.11. The summed E-state index contributed by atoms with van der Waals surface area (Å²) in [6, 6.07) is 9.44. The second-order valence-electron chi connectivity index (χ2n) is 7.09. The first-order chi connectivity index (χ1) is 15.9. The van der Waals surface area contributed by atoms with Gasteiger partial charge in [0, 0.05) is 18.0 Å². The van der Waals surface area contributed by atoms with Crippen LogP contribution in [0.4, 0.5) is 5.13 Å².